The van der Waals surface area contributed by atoms with Crippen molar-refractivity contribution in [2.45, 2.75) is 0 Å². The van der Waals surface area contributed by atoms with Crippen LogP contribution in [0, 0.1) is 0 Å². The Hall–Kier alpha value is -2.63. The highest BCUT2D eigenvalue weighted by molar-refractivity contribution is 5.93. The third-order valence-corrected chi connectivity index (χ3v) is 2.44. The van der Waals surface area contributed by atoms with Gasteiger partial charge in [-0.05, 0) is 18.2 Å². The maximum atomic E-state index is 10.9. The van der Waals surface area contributed by atoms with Gasteiger partial charge in [-0.25, -0.2) is 9.59 Å². The molecule has 1 aliphatic heterocycles. The van der Waals surface area contributed by atoms with E-state index in [9.17, 15) is 9.59 Å². The first-order valence-electron chi connectivity index (χ1n) is 5.16. The van der Waals surface area contributed by atoms with Crippen LogP contribution in [-0.2, 0) is 4.79 Å². The Balaban J connectivity index is 2.37. The summed E-state index contributed by atoms with van der Waals surface area (Å²) in [5.74, 6) is -2.08. The highest BCUT2D eigenvalue weighted by Gasteiger charge is 2.14. The first-order valence-corrected chi connectivity index (χ1v) is 5.16. The number of dihydropyridines is 1. The summed E-state index contributed by atoms with van der Waals surface area (Å²) >= 11 is 0. The summed E-state index contributed by atoms with van der Waals surface area (Å²) in [6, 6.07) is 2.77. The summed E-state index contributed by atoms with van der Waals surface area (Å²) in [4.78, 5) is 25.7. The van der Waals surface area contributed by atoms with Crippen molar-refractivity contribution in [2.24, 2.45) is 0 Å². The van der Waals surface area contributed by atoms with E-state index >= 15 is 0 Å². The van der Waals surface area contributed by atoms with Crippen LogP contribution in [0.3, 0.4) is 0 Å². The zero-order valence-electron chi connectivity index (χ0n) is 9.25. The van der Waals surface area contributed by atoms with Crippen molar-refractivity contribution >= 4 is 17.6 Å². The molecule has 1 aliphatic rings. The second-order valence-electron chi connectivity index (χ2n) is 3.64. The molecule has 0 aromatic carbocycles. The Labute approximate surface area is 102 Å². The molecule has 3 N–H and O–H groups in total. The standard InChI is InChI=1S/C12H10N2O4/c15-11(16)7-1-3-13-9(5-7)10-6-8(12(17)18)2-4-14-10/h1-3,5-6,14H,4H2,(H,15,16)(H,17,18). The molecule has 6 heteroatoms. The molecule has 0 amide bonds. The lowest BCUT2D eigenvalue weighted by Gasteiger charge is -2.14. The van der Waals surface area contributed by atoms with Gasteiger partial charge in [-0.3, -0.25) is 4.98 Å². The van der Waals surface area contributed by atoms with Gasteiger partial charge in [0.25, 0.3) is 0 Å². The number of aliphatic carboxylic acids is 1. The minimum absolute atomic E-state index is 0.106. The molecule has 6 nitrogen and oxygen atoms in total. The summed E-state index contributed by atoms with van der Waals surface area (Å²) in [6.45, 7) is 0.368. The number of hydrogen-bond donors (Lipinski definition) is 3. The van der Waals surface area contributed by atoms with Gasteiger partial charge in [-0.1, -0.05) is 6.08 Å². The van der Waals surface area contributed by atoms with Crippen LogP contribution >= 0.6 is 0 Å². The van der Waals surface area contributed by atoms with Gasteiger partial charge in [0.15, 0.2) is 0 Å². The minimum Gasteiger partial charge on any atom is -0.478 e. The highest BCUT2D eigenvalue weighted by atomic mass is 16.4. The quantitative estimate of drug-likeness (QED) is 0.727. The topological polar surface area (TPSA) is 99.5 Å². The van der Waals surface area contributed by atoms with Crippen molar-refractivity contribution in [3.8, 4) is 0 Å². The molecular weight excluding hydrogens is 236 g/mol. The Kier molecular flexibility index (Phi) is 3.09. The average molecular weight is 246 g/mol. The zero-order valence-corrected chi connectivity index (χ0v) is 9.25. The second kappa shape index (κ2) is 4.70. The molecule has 1 aromatic rings. The molecule has 18 heavy (non-hydrogen) atoms. The van der Waals surface area contributed by atoms with Crippen LogP contribution in [0.5, 0.6) is 0 Å². The van der Waals surface area contributed by atoms with Crippen molar-refractivity contribution in [1.29, 1.82) is 0 Å². The van der Waals surface area contributed by atoms with Crippen LogP contribution in [-0.4, -0.2) is 33.7 Å². The molecule has 1 aromatic heterocycles. The molecule has 0 unspecified atom stereocenters. The van der Waals surface area contributed by atoms with Crippen molar-refractivity contribution in [3.63, 3.8) is 0 Å². The number of nitrogens with one attached hydrogen (secondary N) is 1. The fraction of sp³-hybridized carbons (Fsp3) is 0.0833. The lowest BCUT2D eigenvalue weighted by atomic mass is 10.1. The smallest absolute Gasteiger partial charge is 0.335 e. The summed E-state index contributed by atoms with van der Waals surface area (Å²) in [6.07, 6.45) is 4.34. The van der Waals surface area contributed by atoms with Crippen LogP contribution in [0.2, 0.25) is 0 Å². The Morgan fingerprint density at radius 2 is 2.06 bits per heavy atom. The van der Waals surface area contributed by atoms with E-state index in [1.54, 1.807) is 0 Å². The van der Waals surface area contributed by atoms with Crippen molar-refractivity contribution in [3.05, 3.63) is 47.3 Å². The van der Waals surface area contributed by atoms with Crippen molar-refractivity contribution < 1.29 is 19.8 Å². The Bertz CT molecular complexity index is 575. The highest BCUT2D eigenvalue weighted by Crippen LogP contribution is 2.16. The minimum atomic E-state index is -1.05. The van der Waals surface area contributed by atoms with Crippen LogP contribution in [0.15, 0.2) is 36.1 Å². The van der Waals surface area contributed by atoms with Crippen LogP contribution < -0.4 is 5.32 Å². The molecule has 0 saturated carbocycles. The van der Waals surface area contributed by atoms with Gasteiger partial charge >= 0.3 is 11.9 Å². The Morgan fingerprint density at radius 3 is 2.72 bits per heavy atom. The van der Waals surface area contributed by atoms with Gasteiger partial charge < -0.3 is 15.5 Å². The van der Waals surface area contributed by atoms with Crippen LogP contribution in [0.25, 0.3) is 5.70 Å². The average Bonchev–Trinajstić information content (AvgIpc) is 2.39. The maximum Gasteiger partial charge on any atom is 0.335 e. The molecule has 0 atom stereocenters. The van der Waals surface area contributed by atoms with Crippen molar-refractivity contribution in [1.82, 2.24) is 10.3 Å². The normalized spacial score (nSPS) is 14.2. The first kappa shape index (κ1) is 11.8. The summed E-state index contributed by atoms with van der Waals surface area (Å²) in [5.41, 5.74) is 1.17. The summed E-state index contributed by atoms with van der Waals surface area (Å²) in [7, 11) is 0. The van der Waals surface area contributed by atoms with Gasteiger partial charge in [0.05, 0.1) is 22.5 Å². The second-order valence-corrected chi connectivity index (χ2v) is 3.64. The van der Waals surface area contributed by atoms with E-state index in [0.717, 1.165) is 0 Å². The monoisotopic (exact) mass is 246 g/mol. The maximum absolute atomic E-state index is 10.9. The molecule has 0 radical (unpaired) electrons. The predicted octanol–water partition coefficient (Wildman–Crippen LogP) is 0.735. The first-order chi connectivity index (χ1) is 8.58. The molecule has 2 heterocycles. The number of hydrogen-bond acceptors (Lipinski definition) is 4. The fourth-order valence-electron chi connectivity index (χ4n) is 1.56. The molecule has 0 spiro atoms. The van der Waals surface area contributed by atoms with Gasteiger partial charge in [0.2, 0.25) is 0 Å². The van der Waals surface area contributed by atoms with Gasteiger partial charge in [-0.2, -0.15) is 0 Å². The van der Waals surface area contributed by atoms with Gasteiger partial charge in [0.1, 0.15) is 0 Å². The molecule has 0 aliphatic carbocycles. The van der Waals surface area contributed by atoms with E-state index in [0.29, 0.717) is 17.9 Å². The molecule has 2 rings (SSSR count). The summed E-state index contributed by atoms with van der Waals surface area (Å²) in [5, 5.41) is 20.7. The molecular formula is C12H10N2O4. The van der Waals surface area contributed by atoms with Crippen LogP contribution in [0.1, 0.15) is 16.1 Å². The molecule has 92 valence electrons. The third kappa shape index (κ3) is 2.37. The van der Waals surface area contributed by atoms with E-state index in [1.165, 1.54) is 30.5 Å². The number of carbonyl (C=O) groups is 2. The predicted molar refractivity (Wildman–Crippen MR) is 62.9 cm³/mol. The zero-order chi connectivity index (χ0) is 13.1. The molecule has 0 bridgehead atoms. The number of carboxylic acid groups (broad SMARTS) is 2. The molecule has 0 fully saturated rings. The number of aromatic nitrogens is 1. The number of rotatable bonds is 3. The number of pyridine rings is 1. The van der Waals surface area contributed by atoms with E-state index in [-0.39, 0.29) is 11.1 Å². The van der Waals surface area contributed by atoms with Gasteiger partial charge in [0, 0.05) is 12.7 Å². The molecule has 0 saturated heterocycles. The number of carboxylic acids is 2. The van der Waals surface area contributed by atoms with Crippen molar-refractivity contribution in [2.75, 3.05) is 6.54 Å². The number of nitrogens with zero attached hydrogens (tertiary/aromatic N) is 1. The summed E-state index contributed by atoms with van der Waals surface area (Å²) < 4.78 is 0. The number of aromatic carboxylic acids is 1. The van der Waals surface area contributed by atoms with Crippen LogP contribution in [0.4, 0.5) is 0 Å². The lowest BCUT2D eigenvalue weighted by molar-refractivity contribution is -0.132. The van der Waals surface area contributed by atoms with E-state index in [1.807, 2.05) is 0 Å². The fourth-order valence-corrected chi connectivity index (χ4v) is 1.56. The largest absolute Gasteiger partial charge is 0.478 e. The van der Waals surface area contributed by atoms with E-state index < -0.39 is 11.9 Å². The Morgan fingerprint density at radius 1 is 1.28 bits per heavy atom. The lowest BCUT2D eigenvalue weighted by Crippen LogP contribution is -2.19. The SMILES string of the molecule is O=C(O)C1=CCNC(c2cc(C(=O)O)ccn2)=C1. The van der Waals surface area contributed by atoms with E-state index in [4.69, 9.17) is 10.2 Å². The third-order valence-electron chi connectivity index (χ3n) is 2.44. The van der Waals surface area contributed by atoms with E-state index in [2.05, 4.69) is 10.3 Å². The van der Waals surface area contributed by atoms with Gasteiger partial charge in [-0.15, -0.1) is 0 Å².